The van der Waals surface area contributed by atoms with Crippen molar-refractivity contribution in [3.8, 4) is 0 Å². The molecule has 2 saturated heterocycles. The van der Waals surface area contributed by atoms with E-state index in [0.29, 0.717) is 0 Å². The van der Waals surface area contributed by atoms with Gasteiger partial charge in [0.1, 0.15) is 29.9 Å². The number of aliphatic hydroxyl groups is 3. The molecule has 32 heavy (non-hydrogen) atoms. The number of urea groups is 1. The molecule has 11 heteroatoms. The minimum Gasteiger partial charge on any atom is -0.394 e. The van der Waals surface area contributed by atoms with Crippen LogP contribution in [0, 0.1) is 0 Å². The summed E-state index contributed by atoms with van der Waals surface area (Å²) in [4.78, 5) is 38.7. The van der Waals surface area contributed by atoms with Crippen molar-refractivity contribution < 1.29 is 39.2 Å². The van der Waals surface area contributed by atoms with E-state index in [0.717, 1.165) is 15.4 Å². The molecule has 0 unspecified atom stereocenters. The average Bonchev–Trinajstić information content (AvgIpc) is 2.79. The van der Waals surface area contributed by atoms with E-state index in [9.17, 15) is 29.7 Å². The van der Waals surface area contributed by atoms with Crippen molar-refractivity contribution in [2.45, 2.75) is 44.2 Å². The molecule has 0 aliphatic carbocycles. The summed E-state index contributed by atoms with van der Waals surface area (Å²) >= 11 is 0. The van der Waals surface area contributed by atoms with E-state index >= 15 is 0 Å². The zero-order chi connectivity index (χ0) is 23.6. The molecular weight excluding hydrogens is 422 g/mol. The number of likely N-dealkylation sites (N-methyl/N-ethyl adjacent to an activating group) is 2. The summed E-state index contributed by atoms with van der Waals surface area (Å²) in [6.45, 7) is 0.997. The highest BCUT2D eigenvalue weighted by Gasteiger charge is 2.46. The van der Waals surface area contributed by atoms with Gasteiger partial charge >= 0.3 is 6.03 Å². The number of imide groups is 2. The summed E-state index contributed by atoms with van der Waals surface area (Å²) in [5.41, 5.74) is 0.606. The number of rotatable bonds is 6. The molecule has 1 aromatic carbocycles. The van der Waals surface area contributed by atoms with E-state index in [2.05, 4.69) is 5.32 Å². The van der Waals surface area contributed by atoms with Crippen molar-refractivity contribution in [2.75, 3.05) is 20.7 Å². The highest BCUT2D eigenvalue weighted by molar-refractivity contribution is 6.28. The Morgan fingerprint density at radius 3 is 2.22 bits per heavy atom. The number of hydrogen-bond donors (Lipinski definition) is 4. The van der Waals surface area contributed by atoms with Crippen LogP contribution in [0.25, 0.3) is 0 Å². The minimum absolute atomic E-state index is 0.0711. The monoisotopic (exact) mass is 449 g/mol. The van der Waals surface area contributed by atoms with Crippen LogP contribution in [-0.4, -0.2) is 94.3 Å². The van der Waals surface area contributed by atoms with E-state index in [4.69, 9.17) is 9.47 Å². The quantitative estimate of drug-likeness (QED) is 0.314. The Hall–Kier alpha value is -2.83. The van der Waals surface area contributed by atoms with Crippen molar-refractivity contribution in [2.24, 2.45) is 0 Å². The fraction of sp³-hybridized carbons (Fsp3) is 0.476. The fourth-order valence-electron chi connectivity index (χ4n) is 3.60. The predicted molar refractivity (Wildman–Crippen MR) is 110 cm³/mol. The van der Waals surface area contributed by atoms with E-state index in [1.54, 1.807) is 0 Å². The van der Waals surface area contributed by atoms with Gasteiger partial charge in [-0.25, -0.2) is 4.79 Å². The van der Waals surface area contributed by atoms with Crippen molar-refractivity contribution in [3.63, 3.8) is 0 Å². The standard InChI is InChI=1S/C21H27N3O8/c1-11(14-18(28)23(2)21(30)24(3)19(14)29)22-15-17(27)16(26)13(9-25)32-20(15)31-10-12-7-5-4-6-8-12/h4-8,13,15-17,20,22,25-27H,9-10H2,1-3H3/t13-,15-,16-,17-,20+/m1/s1. The van der Waals surface area contributed by atoms with Gasteiger partial charge in [-0.1, -0.05) is 30.3 Å². The summed E-state index contributed by atoms with van der Waals surface area (Å²) in [7, 11) is 2.50. The normalized spacial score (nSPS) is 28.9. The molecule has 2 aliphatic rings. The Morgan fingerprint density at radius 1 is 1.06 bits per heavy atom. The fourth-order valence-corrected chi connectivity index (χ4v) is 3.60. The molecule has 2 heterocycles. The van der Waals surface area contributed by atoms with E-state index in [-0.39, 0.29) is 17.9 Å². The number of aliphatic hydroxyl groups excluding tert-OH is 3. The van der Waals surface area contributed by atoms with Crippen molar-refractivity contribution in [1.29, 1.82) is 0 Å². The Morgan fingerprint density at radius 2 is 1.66 bits per heavy atom. The smallest absolute Gasteiger partial charge is 0.333 e. The van der Waals surface area contributed by atoms with Gasteiger partial charge in [-0.15, -0.1) is 0 Å². The van der Waals surface area contributed by atoms with E-state index in [1.807, 2.05) is 30.3 Å². The maximum atomic E-state index is 12.6. The summed E-state index contributed by atoms with van der Waals surface area (Å²) in [5, 5.41) is 33.3. The molecule has 4 amide bonds. The number of nitrogens with zero attached hydrogens (tertiary/aromatic N) is 2. The first-order chi connectivity index (χ1) is 15.2. The van der Waals surface area contributed by atoms with Crippen LogP contribution < -0.4 is 5.32 Å². The van der Waals surface area contributed by atoms with Crippen molar-refractivity contribution in [1.82, 2.24) is 15.1 Å². The number of carbonyl (C=O) groups excluding carboxylic acids is 3. The zero-order valence-corrected chi connectivity index (χ0v) is 18.0. The van der Waals surface area contributed by atoms with Gasteiger partial charge in [0.05, 0.1) is 13.2 Å². The lowest BCUT2D eigenvalue weighted by atomic mass is 9.96. The third-order valence-corrected chi connectivity index (χ3v) is 5.51. The lowest BCUT2D eigenvalue weighted by Gasteiger charge is -2.43. The number of ether oxygens (including phenoxy) is 2. The van der Waals surface area contributed by atoms with Gasteiger partial charge in [0.15, 0.2) is 6.29 Å². The topological polar surface area (TPSA) is 149 Å². The van der Waals surface area contributed by atoms with Crippen molar-refractivity contribution >= 4 is 17.8 Å². The molecular formula is C21H27N3O8. The largest absolute Gasteiger partial charge is 0.394 e. The first kappa shape index (κ1) is 23.8. The van der Waals surface area contributed by atoms with Crippen LogP contribution in [0.15, 0.2) is 41.6 Å². The molecule has 3 rings (SSSR count). The number of nitrogens with one attached hydrogen (secondary N) is 1. The third-order valence-electron chi connectivity index (χ3n) is 5.51. The number of hydrogen-bond acceptors (Lipinski definition) is 9. The van der Waals surface area contributed by atoms with Crippen LogP contribution in [0.5, 0.6) is 0 Å². The first-order valence-electron chi connectivity index (χ1n) is 10.0. The Kier molecular flexibility index (Phi) is 7.26. The second kappa shape index (κ2) is 9.76. The second-order valence-corrected chi connectivity index (χ2v) is 7.68. The highest BCUT2D eigenvalue weighted by atomic mass is 16.7. The summed E-state index contributed by atoms with van der Waals surface area (Å²) < 4.78 is 11.4. The summed E-state index contributed by atoms with van der Waals surface area (Å²) in [6.07, 6.45) is -5.13. The molecule has 0 aromatic heterocycles. The molecule has 0 radical (unpaired) electrons. The van der Waals surface area contributed by atoms with Gasteiger partial charge in [-0.2, -0.15) is 0 Å². The molecule has 2 aliphatic heterocycles. The molecule has 0 saturated carbocycles. The van der Waals surface area contributed by atoms with Crippen molar-refractivity contribution in [3.05, 3.63) is 47.2 Å². The average molecular weight is 449 g/mol. The lowest BCUT2D eigenvalue weighted by molar-refractivity contribution is -0.273. The van der Waals surface area contributed by atoms with Gasteiger partial charge in [0.25, 0.3) is 11.8 Å². The number of amides is 4. The van der Waals surface area contributed by atoms with Gasteiger partial charge < -0.3 is 30.1 Å². The highest BCUT2D eigenvalue weighted by Crippen LogP contribution is 2.25. The van der Waals surface area contributed by atoms with Gasteiger partial charge in [0.2, 0.25) is 0 Å². The lowest BCUT2D eigenvalue weighted by Crippen LogP contribution is -2.64. The Balaban J connectivity index is 1.87. The molecule has 0 bridgehead atoms. The van der Waals surface area contributed by atoms with Gasteiger partial charge in [-0.3, -0.25) is 19.4 Å². The molecule has 2 fully saturated rings. The van der Waals surface area contributed by atoms with Crippen LogP contribution in [0.3, 0.4) is 0 Å². The van der Waals surface area contributed by atoms with Crippen LogP contribution in [0.2, 0.25) is 0 Å². The third kappa shape index (κ3) is 4.52. The van der Waals surface area contributed by atoms with Gasteiger partial charge in [0, 0.05) is 19.8 Å². The predicted octanol–water partition coefficient (Wildman–Crippen LogP) is -1.08. The maximum absolute atomic E-state index is 12.6. The first-order valence-corrected chi connectivity index (χ1v) is 10.0. The molecule has 0 spiro atoms. The number of carbonyl (C=O) groups is 3. The van der Waals surface area contributed by atoms with Gasteiger partial charge in [-0.05, 0) is 12.5 Å². The molecule has 174 valence electrons. The molecule has 1 aromatic rings. The second-order valence-electron chi connectivity index (χ2n) is 7.68. The molecule has 5 atom stereocenters. The molecule has 11 nitrogen and oxygen atoms in total. The number of barbiturate groups is 1. The van der Waals surface area contributed by atoms with Crippen LogP contribution in [0.4, 0.5) is 4.79 Å². The molecule has 4 N–H and O–H groups in total. The SMILES string of the molecule is CC(N[C@H]1[C@@H](OCc2ccccc2)O[C@H](CO)[C@@H](O)[C@@H]1O)=C1C(=O)N(C)C(=O)N(C)C1=O. The van der Waals surface area contributed by atoms with Crippen LogP contribution in [-0.2, 0) is 25.7 Å². The summed E-state index contributed by atoms with van der Waals surface area (Å²) in [5.74, 6) is -1.60. The van der Waals surface area contributed by atoms with Crippen LogP contribution in [0.1, 0.15) is 12.5 Å². The summed E-state index contributed by atoms with van der Waals surface area (Å²) in [6, 6.07) is 7.31. The Labute approximate surface area is 184 Å². The maximum Gasteiger partial charge on any atom is 0.333 e. The van der Waals surface area contributed by atoms with Crippen LogP contribution >= 0.6 is 0 Å². The zero-order valence-electron chi connectivity index (χ0n) is 18.0. The van der Waals surface area contributed by atoms with E-state index in [1.165, 1.54) is 21.0 Å². The number of allylic oxidation sites excluding steroid dienone is 1. The Bertz CT molecular complexity index is 880. The van der Waals surface area contributed by atoms with E-state index < -0.39 is 55.1 Å². The number of benzene rings is 1. The minimum atomic E-state index is -1.46.